The molecule has 0 aromatic heterocycles. The predicted molar refractivity (Wildman–Crippen MR) is 87.7 cm³/mol. The van der Waals surface area contributed by atoms with E-state index in [2.05, 4.69) is 20.8 Å². The highest BCUT2D eigenvalue weighted by Gasteiger charge is 2.45. The molecular formula is C19H28O3. The third-order valence-electron chi connectivity index (χ3n) is 4.65. The second-order valence-electron chi connectivity index (χ2n) is 7.84. The van der Waals surface area contributed by atoms with Crippen molar-refractivity contribution in [3.63, 3.8) is 0 Å². The van der Waals surface area contributed by atoms with E-state index in [1.165, 1.54) is 5.56 Å². The molecule has 1 aliphatic rings. The predicted octanol–water partition coefficient (Wildman–Crippen LogP) is 4.13. The van der Waals surface area contributed by atoms with Crippen molar-refractivity contribution in [2.75, 3.05) is 0 Å². The molecule has 1 atom stereocenters. The molecule has 1 aromatic carbocycles. The number of aliphatic carboxylic acids is 1. The zero-order chi connectivity index (χ0) is 16.4. The first-order chi connectivity index (χ1) is 10.2. The van der Waals surface area contributed by atoms with Crippen molar-refractivity contribution >= 4 is 5.97 Å². The lowest BCUT2D eigenvalue weighted by Crippen LogP contribution is -2.43. The molecule has 1 saturated carbocycles. The summed E-state index contributed by atoms with van der Waals surface area (Å²) in [6, 6.07) is 7.50. The van der Waals surface area contributed by atoms with Crippen LogP contribution in [0.1, 0.15) is 64.0 Å². The Kier molecular flexibility index (Phi) is 4.96. The first-order valence-corrected chi connectivity index (χ1v) is 8.28. The van der Waals surface area contributed by atoms with Crippen LogP contribution in [0.25, 0.3) is 0 Å². The van der Waals surface area contributed by atoms with Crippen LogP contribution >= 0.6 is 0 Å². The fourth-order valence-corrected chi connectivity index (χ4v) is 3.54. The smallest absolute Gasteiger partial charge is 0.340 e. The van der Waals surface area contributed by atoms with Crippen molar-refractivity contribution in [1.29, 1.82) is 0 Å². The number of carboxylic acid groups (broad SMARTS) is 1. The van der Waals surface area contributed by atoms with Crippen LogP contribution in [0.15, 0.2) is 24.3 Å². The highest BCUT2D eigenvalue weighted by molar-refractivity contribution is 5.79. The van der Waals surface area contributed by atoms with E-state index in [-0.39, 0.29) is 11.3 Å². The maximum atomic E-state index is 11.8. The minimum Gasteiger partial charge on any atom is -0.479 e. The van der Waals surface area contributed by atoms with Crippen LogP contribution in [0.5, 0.6) is 0 Å². The molecule has 3 heteroatoms. The number of carboxylic acids is 1. The third-order valence-corrected chi connectivity index (χ3v) is 4.65. The van der Waals surface area contributed by atoms with Gasteiger partial charge in [0.05, 0.1) is 0 Å². The lowest BCUT2D eigenvalue weighted by molar-refractivity contribution is -0.168. The maximum absolute atomic E-state index is 11.8. The third kappa shape index (κ3) is 3.70. The lowest BCUT2D eigenvalue weighted by atomic mass is 9.73. The number of hydrogen-bond acceptors (Lipinski definition) is 2. The molecule has 0 saturated heterocycles. The van der Waals surface area contributed by atoms with Gasteiger partial charge in [0.25, 0.3) is 0 Å². The molecule has 22 heavy (non-hydrogen) atoms. The van der Waals surface area contributed by atoms with E-state index in [4.69, 9.17) is 0 Å². The average molecular weight is 304 g/mol. The standard InChI is InChI=1S/C19H28O3/c1-18(2,3)13-14-9-11-16(12-10-14)19(22,17(20)21)15-7-5-4-6-8-15/h9-12,15,22H,4-8,13H2,1-3H3,(H,20,21). The molecule has 1 fully saturated rings. The van der Waals surface area contributed by atoms with E-state index >= 15 is 0 Å². The summed E-state index contributed by atoms with van der Waals surface area (Å²) in [7, 11) is 0. The second-order valence-corrected chi connectivity index (χ2v) is 7.84. The van der Waals surface area contributed by atoms with Gasteiger partial charge in [-0.1, -0.05) is 64.3 Å². The molecule has 0 spiro atoms. The largest absolute Gasteiger partial charge is 0.479 e. The molecule has 0 radical (unpaired) electrons. The van der Waals surface area contributed by atoms with Crippen LogP contribution in [0.4, 0.5) is 0 Å². The van der Waals surface area contributed by atoms with Gasteiger partial charge in [-0.2, -0.15) is 0 Å². The van der Waals surface area contributed by atoms with E-state index in [1.807, 2.05) is 12.1 Å². The molecule has 1 aliphatic carbocycles. The number of hydrogen-bond donors (Lipinski definition) is 2. The van der Waals surface area contributed by atoms with Gasteiger partial charge in [-0.3, -0.25) is 0 Å². The van der Waals surface area contributed by atoms with Gasteiger partial charge in [-0.05, 0) is 35.8 Å². The summed E-state index contributed by atoms with van der Waals surface area (Å²) in [4.78, 5) is 11.8. The fourth-order valence-electron chi connectivity index (χ4n) is 3.54. The van der Waals surface area contributed by atoms with Gasteiger partial charge in [-0.25, -0.2) is 4.79 Å². The van der Waals surface area contributed by atoms with E-state index < -0.39 is 11.6 Å². The Morgan fingerprint density at radius 1 is 1.09 bits per heavy atom. The SMILES string of the molecule is CC(C)(C)Cc1ccc(C(O)(C(=O)O)C2CCCCC2)cc1. The minimum absolute atomic E-state index is 0.188. The van der Waals surface area contributed by atoms with Crippen molar-refractivity contribution in [1.82, 2.24) is 0 Å². The summed E-state index contributed by atoms with van der Waals surface area (Å²) in [5.74, 6) is -1.31. The zero-order valence-electron chi connectivity index (χ0n) is 13.9. The topological polar surface area (TPSA) is 57.5 Å². The van der Waals surface area contributed by atoms with Crippen LogP contribution in [-0.2, 0) is 16.8 Å². The average Bonchev–Trinajstić information content (AvgIpc) is 2.46. The molecule has 0 aliphatic heterocycles. The van der Waals surface area contributed by atoms with Crippen molar-refractivity contribution in [2.45, 2.75) is 64.9 Å². The molecule has 0 heterocycles. The normalized spacial score (nSPS) is 19.6. The van der Waals surface area contributed by atoms with Gasteiger partial charge in [0.15, 0.2) is 5.60 Å². The van der Waals surface area contributed by atoms with Crippen LogP contribution in [0.3, 0.4) is 0 Å². The fraction of sp³-hybridized carbons (Fsp3) is 0.632. The van der Waals surface area contributed by atoms with Gasteiger partial charge < -0.3 is 10.2 Å². The summed E-state index contributed by atoms with van der Waals surface area (Å²) < 4.78 is 0. The molecule has 3 nitrogen and oxygen atoms in total. The van der Waals surface area contributed by atoms with Crippen LogP contribution in [0.2, 0.25) is 0 Å². The van der Waals surface area contributed by atoms with Crippen LogP contribution in [0, 0.1) is 11.3 Å². The molecule has 0 amide bonds. The Morgan fingerprint density at radius 3 is 2.09 bits per heavy atom. The van der Waals surface area contributed by atoms with Crippen molar-refractivity contribution in [2.24, 2.45) is 11.3 Å². The summed E-state index contributed by atoms with van der Waals surface area (Å²) >= 11 is 0. The molecule has 2 rings (SSSR count). The van der Waals surface area contributed by atoms with Gasteiger partial charge in [0, 0.05) is 5.92 Å². The number of rotatable bonds is 4. The lowest BCUT2D eigenvalue weighted by Gasteiger charge is -2.35. The van der Waals surface area contributed by atoms with Crippen LogP contribution < -0.4 is 0 Å². The Bertz CT molecular complexity index is 506. The Balaban J connectivity index is 2.27. The van der Waals surface area contributed by atoms with Gasteiger partial charge in [-0.15, -0.1) is 0 Å². The van der Waals surface area contributed by atoms with Gasteiger partial charge in [0.1, 0.15) is 0 Å². The number of benzene rings is 1. The van der Waals surface area contributed by atoms with Crippen molar-refractivity contribution < 1.29 is 15.0 Å². The van der Waals surface area contributed by atoms with Gasteiger partial charge >= 0.3 is 5.97 Å². The highest BCUT2D eigenvalue weighted by Crippen LogP contribution is 2.40. The summed E-state index contributed by atoms with van der Waals surface area (Å²) in [5, 5.41) is 20.6. The Morgan fingerprint density at radius 2 is 1.64 bits per heavy atom. The number of carbonyl (C=O) groups is 1. The molecule has 1 unspecified atom stereocenters. The second kappa shape index (κ2) is 6.41. The Hall–Kier alpha value is -1.35. The van der Waals surface area contributed by atoms with Gasteiger partial charge in [0.2, 0.25) is 0 Å². The zero-order valence-corrected chi connectivity index (χ0v) is 13.9. The van der Waals surface area contributed by atoms with Crippen molar-refractivity contribution in [3.8, 4) is 0 Å². The summed E-state index contributed by atoms with van der Waals surface area (Å²) in [6.07, 6.45) is 5.64. The van der Waals surface area contributed by atoms with E-state index in [0.717, 1.165) is 38.5 Å². The van der Waals surface area contributed by atoms with Crippen LogP contribution in [-0.4, -0.2) is 16.2 Å². The first kappa shape index (κ1) is 17.0. The first-order valence-electron chi connectivity index (χ1n) is 8.28. The summed E-state index contributed by atoms with van der Waals surface area (Å²) in [6.45, 7) is 6.53. The van der Waals surface area contributed by atoms with E-state index in [0.29, 0.717) is 5.56 Å². The van der Waals surface area contributed by atoms with E-state index in [1.54, 1.807) is 12.1 Å². The monoisotopic (exact) mass is 304 g/mol. The molecule has 0 bridgehead atoms. The maximum Gasteiger partial charge on any atom is 0.340 e. The van der Waals surface area contributed by atoms with E-state index in [9.17, 15) is 15.0 Å². The molecule has 1 aromatic rings. The molecule has 2 N–H and O–H groups in total. The molecule has 122 valence electrons. The van der Waals surface area contributed by atoms with Crippen molar-refractivity contribution in [3.05, 3.63) is 35.4 Å². The summed E-state index contributed by atoms with van der Waals surface area (Å²) in [5.41, 5.74) is 0.131. The number of aliphatic hydroxyl groups is 1. The quantitative estimate of drug-likeness (QED) is 0.879. The Labute approximate surface area is 133 Å². The minimum atomic E-state index is -1.75. The molecular weight excluding hydrogens is 276 g/mol. The highest BCUT2D eigenvalue weighted by atomic mass is 16.4.